The molecule has 0 bridgehead atoms. The monoisotopic (exact) mass is 486 g/mol. The number of carbonyl (C=O) groups excluding carboxylic acids is 1. The molecule has 0 aliphatic carbocycles. The molecule has 30 heavy (non-hydrogen) atoms. The summed E-state index contributed by atoms with van der Waals surface area (Å²) in [5, 5.41) is 12.1. The first-order valence-corrected chi connectivity index (χ1v) is 11.2. The molecule has 1 aromatic heterocycles. The Hall–Kier alpha value is -2.58. The first-order chi connectivity index (χ1) is 14.5. The molecule has 156 valence electrons. The molecule has 0 saturated heterocycles. The second kappa shape index (κ2) is 10.4. The van der Waals surface area contributed by atoms with Crippen molar-refractivity contribution in [3.63, 3.8) is 0 Å². The van der Waals surface area contributed by atoms with Crippen LogP contribution in [-0.2, 0) is 17.9 Å². The molecule has 0 aliphatic heterocycles. The van der Waals surface area contributed by atoms with Gasteiger partial charge in [0.25, 0.3) is 0 Å². The third-order valence-electron chi connectivity index (χ3n) is 4.28. The summed E-state index contributed by atoms with van der Waals surface area (Å²) in [7, 11) is 0. The van der Waals surface area contributed by atoms with Gasteiger partial charge >= 0.3 is 0 Å². The van der Waals surface area contributed by atoms with Crippen LogP contribution in [0, 0.1) is 13.8 Å². The van der Waals surface area contributed by atoms with Gasteiger partial charge in [-0.2, -0.15) is 0 Å². The molecule has 8 heteroatoms. The second-order valence-electron chi connectivity index (χ2n) is 6.70. The minimum atomic E-state index is -0.0900. The zero-order valence-electron chi connectivity index (χ0n) is 16.9. The molecular weight excluding hydrogens is 464 g/mol. The molecule has 3 rings (SSSR count). The maximum absolute atomic E-state index is 12.4. The summed E-state index contributed by atoms with van der Waals surface area (Å²) in [5.74, 6) is 1.56. The quantitative estimate of drug-likeness (QED) is 0.334. The number of aromatic nitrogens is 3. The number of hydrogen-bond donors (Lipinski definition) is 1. The Morgan fingerprint density at radius 2 is 2.00 bits per heavy atom. The van der Waals surface area contributed by atoms with Crippen molar-refractivity contribution in [2.75, 3.05) is 11.1 Å². The molecule has 1 heterocycles. The van der Waals surface area contributed by atoms with Gasteiger partial charge in [-0.15, -0.1) is 16.8 Å². The number of amides is 1. The number of hydrogen-bond acceptors (Lipinski definition) is 5. The highest BCUT2D eigenvalue weighted by Crippen LogP contribution is 2.21. The molecule has 1 amide bonds. The Kier molecular flexibility index (Phi) is 7.70. The van der Waals surface area contributed by atoms with Crippen LogP contribution in [0.5, 0.6) is 5.75 Å². The van der Waals surface area contributed by atoms with Crippen LogP contribution >= 0.6 is 27.7 Å². The van der Waals surface area contributed by atoms with Gasteiger partial charge in [-0.1, -0.05) is 51.5 Å². The zero-order chi connectivity index (χ0) is 21.5. The first-order valence-electron chi connectivity index (χ1n) is 9.37. The number of allylic oxidation sites excluding steroid dienone is 1. The lowest BCUT2D eigenvalue weighted by Crippen LogP contribution is -2.15. The van der Waals surface area contributed by atoms with Crippen molar-refractivity contribution in [3.05, 3.63) is 76.5 Å². The Morgan fingerprint density at radius 3 is 2.70 bits per heavy atom. The average Bonchev–Trinajstić information content (AvgIpc) is 3.10. The van der Waals surface area contributed by atoms with Crippen molar-refractivity contribution in [1.29, 1.82) is 0 Å². The van der Waals surface area contributed by atoms with Crippen molar-refractivity contribution >= 4 is 39.3 Å². The third-order valence-corrected chi connectivity index (χ3v) is 5.77. The van der Waals surface area contributed by atoms with Crippen LogP contribution in [0.4, 0.5) is 5.69 Å². The molecular formula is C22H23BrN4O2S. The standard InChI is InChI=1S/C22H23BrN4O2S/c1-4-11-27-20(13-29-18-8-6-17(23)7-9-18)25-26-22(27)30-14-21(28)24-19-10-5-15(2)12-16(19)3/h4-10,12H,1,11,13-14H2,2-3H3,(H,24,28). The number of ether oxygens (including phenoxy) is 1. The molecule has 0 unspecified atom stereocenters. The molecule has 1 N–H and O–H groups in total. The van der Waals surface area contributed by atoms with E-state index < -0.39 is 0 Å². The van der Waals surface area contributed by atoms with Crippen LogP contribution in [0.2, 0.25) is 0 Å². The summed E-state index contributed by atoms with van der Waals surface area (Å²) in [5.41, 5.74) is 3.02. The predicted molar refractivity (Wildman–Crippen MR) is 124 cm³/mol. The smallest absolute Gasteiger partial charge is 0.234 e. The van der Waals surface area contributed by atoms with E-state index in [4.69, 9.17) is 4.74 Å². The van der Waals surface area contributed by atoms with Crippen LogP contribution in [0.25, 0.3) is 0 Å². The Labute approximate surface area is 188 Å². The van der Waals surface area contributed by atoms with E-state index in [1.54, 1.807) is 6.08 Å². The second-order valence-corrected chi connectivity index (χ2v) is 8.55. The molecule has 0 atom stereocenters. The fourth-order valence-electron chi connectivity index (χ4n) is 2.79. The maximum atomic E-state index is 12.4. The molecule has 0 radical (unpaired) electrons. The normalized spacial score (nSPS) is 10.6. The third kappa shape index (κ3) is 5.96. The number of nitrogens with zero attached hydrogens (tertiary/aromatic N) is 3. The van der Waals surface area contributed by atoms with Crippen molar-refractivity contribution in [2.45, 2.75) is 32.2 Å². The van der Waals surface area contributed by atoms with E-state index in [0.29, 0.717) is 17.5 Å². The van der Waals surface area contributed by atoms with Crippen molar-refractivity contribution in [1.82, 2.24) is 14.8 Å². The zero-order valence-corrected chi connectivity index (χ0v) is 19.3. The predicted octanol–water partition coefficient (Wildman–Crippen LogP) is 5.15. The fraction of sp³-hybridized carbons (Fsp3) is 0.227. The number of anilines is 1. The Morgan fingerprint density at radius 1 is 1.23 bits per heavy atom. The number of halogens is 1. The number of nitrogens with one attached hydrogen (secondary N) is 1. The molecule has 6 nitrogen and oxygen atoms in total. The van der Waals surface area contributed by atoms with Crippen LogP contribution in [-0.4, -0.2) is 26.4 Å². The van der Waals surface area contributed by atoms with E-state index in [2.05, 4.69) is 38.0 Å². The highest BCUT2D eigenvalue weighted by molar-refractivity contribution is 9.10. The van der Waals surface area contributed by atoms with Crippen LogP contribution in [0.15, 0.2) is 64.7 Å². The molecule has 0 saturated carbocycles. The van der Waals surface area contributed by atoms with E-state index in [9.17, 15) is 4.79 Å². The number of carbonyl (C=O) groups is 1. The SMILES string of the molecule is C=CCn1c(COc2ccc(Br)cc2)nnc1SCC(=O)Nc1ccc(C)cc1C. The van der Waals surface area contributed by atoms with Gasteiger partial charge in [-0.3, -0.25) is 9.36 Å². The minimum absolute atomic E-state index is 0.0900. The molecule has 3 aromatic rings. The van der Waals surface area contributed by atoms with Crippen molar-refractivity contribution < 1.29 is 9.53 Å². The largest absolute Gasteiger partial charge is 0.486 e. The summed E-state index contributed by atoms with van der Waals surface area (Å²) in [6.07, 6.45) is 1.77. The van der Waals surface area contributed by atoms with Gasteiger partial charge in [0, 0.05) is 16.7 Å². The lowest BCUT2D eigenvalue weighted by atomic mass is 10.1. The molecule has 0 spiro atoms. The summed E-state index contributed by atoms with van der Waals surface area (Å²) >= 11 is 4.74. The number of aryl methyl sites for hydroxylation is 2. The summed E-state index contributed by atoms with van der Waals surface area (Å²) < 4.78 is 8.70. The van der Waals surface area contributed by atoms with Gasteiger partial charge in [0.2, 0.25) is 5.91 Å². The highest BCUT2D eigenvalue weighted by Gasteiger charge is 2.14. The van der Waals surface area contributed by atoms with E-state index in [-0.39, 0.29) is 18.3 Å². The van der Waals surface area contributed by atoms with Gasteiger partial charge in [0.15, 0.2) is 11.0 Å². The Bertz CT molecular complexity index is 1030. The summed E-state index contributed by atoms with van der Waals surface area (Å²) in [6.45, 7) is 8.62. The van der Waals surface area contributed by atoms with Crippen molar-refractivity contribution in [2.24, 2.45) is 0 Å². The maximum Gasteiger partial charge on any atom is 0.234 e. The molecule has 2 aromatic carbocycles. The number of rotatable bonds is 9. The van der Waals surface area contributed by atoms with Crippen molar-refractivity contribution in [3.8, 4) is 5.75 Å². The lowest BCUT2D eigenvalue weighted by molar-refractivity contribution is -0.113. The topological polar surface area (TPSA) is 69.0 Å². The highest BCUT2D eigenvalue weighted by atomic mass is 79.9. The summed E-state index contributed by atoms with van der Waals surface area (Å²) in [6, 6.07) is 13.5. The van der Waals surface area contributed by atoms with Crippen LogP contribution < -0.4 is 10.1 Å². The lowest BCUT2D eigenvalue weighted by Gasteiger charge is -2.10. The van der Waals surface area contributed by atoms with E-state index in [1.807, 2.05) is 60.9 Å². The first kappa shape index (κ1) is 22.1. The molecule has 0 aliphatic rings. The Balaban J connectivity index is 1.61. The van der Waals surface area contributed by atoms with Gasteiger partial charge < -0.3 is 10.1 Å². The van der Waals surface area contributed by atoms with E-state index >= 15 is 0 Å². The van der Waals surface area contributed by atoms with E-state index in [1.165, 1.54) is 11.8 Å². The summed E-state index contributed by atoms with van der Waals surface area (Å²) in [4.78, 5) is 12.4. The van der Waals surface area contributed by atoms with Crippen LogP contribution in [0.3, 0.4) is 0 Å². The van der Waals surface area contributed by atoms with Gasteiger partial charge in [-0.05, 0) is 49.7 Å². The van der Waals surface area contributed by atoms with Gasteiger partial charge in [0.1, 0.15) is 12.4 Å². The molecule has 0 fully saturated rings. The minimum Gasteiger partial charge on any atom is -0.486 e. The fourth-order valence-corrected chi connectivity index (χ4v) is 3.82. The number of thioether (sulfide) groups is 1. The van der Waals surface area contributed by atoms with E-state index in [0.717, 1.165) is 27.0 Å². The van der Waals surface area contributed by atoms with Gasteiger partial charge in [0.05, 0.1) is 5.75 Å². The van der Waals surface area contributed by atoms with Crippen LogP contribution in [0.1, 0.15) is 17.0 Å². The number of benzene rings is 2. The van der Waals surface area contributed by atoms with Gasteiger partial charge in [-0.25, -0.2) is 0 Å². The average molecular weight is 487 g/mol.